The molecule has 76 valence electrons. The molecule has 0 fully saturated rings. The Morgan fingerprint density at radius 3 is 1.67 bits per heavy atom. The Kier molecular flexibility index (Phi) is 24.4. The van der Waals surface area contributed by atoms with E-state index < -0.39 is 0 Å². The van der Waals surface area contributed by atoms with Crippen LogP contribution in [0.3, 0.4) is 0 Å². The molecule has 4 heteroatoms. The molecule has 0 amide bonds. The van der Waals surface area contributed by atoms with E-state index in [1.165, 1.54) is 6.92 Å². The van der Waals surface area contributed by atoms with E-state index in [-0.39, 0.29) is 18.7 Å². The molecular formula is C8H20O4. The van der Waals surface area contributed by atoms with Crippen molar-refractivity contribution in [3.63, 3.8) is 0 Å². The van der Waals surface area contributed by atoms with Gasteiger partial charge in [0.1, 0.15) is 0 Å². The third kappa shape index (κ3) is 57.5. The Labute approximate surface area is 74.2 Å². The summed E-state index contributed by atoms with van der Waals surface area (Å²) in [5, 5.41) is 14.6. The number of rotatable bonds is 1. The fraction of sp³-hybridized carbons (Fsp3) is 0.875. The van der Waals surface area contributed by atoms with Gasteiger partial charge in [0, 0.05) is 20.6 Å². The van der Waals surface area contributed by atoms with Crippen LogP contribution in [0.2, 0.25) is 0 Å². The lowest BCUT2D eigenvalue weighted by Crippen LogP contribution is -2.06. The van der Waals surface area contributed by atoms with Crippen molar-refractivity contribution >= 4 is 5.97 Å². The van der Waals surface area contributed by atoms with E-state index in [9.17, 15) is 4.79 Å². The number of hydrogen-bond acceptors (Lipinski definition) is 4. The van der Waals surface area contributed by atoms with E-state index in [1.807, 2.05) is 13.8 Å². The van der Waals surface area contributed by atoms with Crippen molar-refractivity contribution in [1.82, 2.24) is 0 Å². The number of aliphatic hydroxyl groups is 2. The normalized spacial score (nSPS) is 7.33. The van der Waals surface area contributed by atoms with Crippen LogP contribution in [0.5, 0.6) is 0 Å². The minimum atomic E-state index is -0.213. The molecule has 0 aromatic rings. The van der Waals surface area contributed by atoms with Crippen LogP contribution in [-0.4, -0.2) is 36.0 Å². The second kappa shape index (κ2) is 16.8. The smallest absolute Gasteiger partial charge is 0.302 e. The Balaban J connectivity index is -0.000000137. The van der Waals surface area contributed by atoms with Crippen LogP contribution in [0.15, 0.2) is 0 Å². The fourth-order valence-corrected chi connectivity index (χ4v) is 0.332. The Morgan fingerprint density at radius 1 is 1.42 bits per heavy atom. The number of hydrogen-bond donors (Lipinski definition) is 2. The molecule has 0 saturated carbocycles. The maximum absolute atomic E-state index is 10.0. The summed E-state index contributed by atoms with van der Waals surface area (Å²) in [4.78, 5) is 10.0. The van der Waals surface area contributed by atoms with Gasteiger partial charge in [-0.3, -0.25) is 4.79 Å². The number of aliphatic hydroxyl groups excluding tert-OH is 2. The highest BCUT2D eigenvalue weighted by Gasteiger charge is 1.93. The molecule has 0 aliphatic rings. The highest BCUT2D eigenvalue weighted by molar-refractivity contribution is 5.66. The van der Waals surface area contributed by atoms with Gasteiger partial charge in [-0.1, -0.05) is 0 Å². The average molecular weight is 180 g/mol. The van der Waals surface area contributed by atoms with Gasteiger partial charge in [0.05, 0.1) is 6.10 Å². The van der Waals surface area contributed by atoms with Gasteiger partial charge in [0.2, 0.25) is 0 Å². The number of esters is 1. The van der Waals surface area contributed by atoms with Crippen molar-refractivity contribution in [1.29, 1.82) is 0 Å². The molecule has 4 nitrogen and oxygen atoms in total. The van der Waals surface area contributed by atoms with Crippen LogP contribution in [0.25, 0.3) is 0 Å². The van der Waals surface area contributed by atoms with Crippen LogP contribution in [0, 0.1) is 0 Å². The van der Waals surface area contributed by atoms with E-state index in [4.69, 9.17) is 10.2 Å². The van der Waals surface area contributed by atoms with Gasteiger partial charge in [0.25, 0.3) is 0 Å². The van der Waals surface area contributed by atoms with Crippen molar-refractivity contribution in [3.8, 4) is 0 Å². The summed E-state index contributed by atoms with van der Waals surface area (Å²) in [7, 11) is 1.00. The molecule has 0 unspecified atom stereocenters. The maximum Gasteiger partial charge on any atom is 0.302 e. The molecular weight excluding hydrogens is 160 g/mol. The third-order valence-corrected chi connectivity index (χ3v) is 0.402. The van der Waals surface area contributed by atoms with Crippen LogP contribution in [0.4, 0.5) is 0 Å². The van der Waals surface area contributed by atoms with Gasteiger partial charge in [-0.2, -0.15) is 0 Å². The van der Waals surface area contributed by atoms with Crippen LogP contribution in [0.1, 0.15) is 27.7 Å². The molecule has 0 aromatic carbocycles. The maximum atomic E-state index is 10.0. The van der Waals surface area contributed by atoms with Crippen molar-refractivity contribution in [2.75, 3.05) is 13.7 Å². The summed E-state index contributed by atoms with van der Waals surface area (Å²) >= 11 is 0. The van der Waals surface area contributed by atoms with Crippen LogP contribution < -0.4 is 0 Å². The quantitative estimate of drug-likeness (QED) is 0.579. The van der Waals surface area contributed by atoms with Crippen molar-refractivity contribution in [2.24, 2.45) is 0 Å². The lowest BCUT2D eigenvalue weighted by Gasteiger charge is -2.01. The molecule has 0 saturated heterocycles. The lowest BCUT2D eigenvalue weighted by molar-refractivity contribution is -0.144. The molecule has 12 heavy (non-hydrogen) atoms. The summed E-state index contributed by atoms with van der Waals surface area (Å²) in [5.41, 5.74) is 0. The number of carbonyl (C=O) groups is 1. The summed E-state index contributed by atoms with van der Waals surface area (Å²) in [6.07, 6.45) is 0.0255. The van der Waals surface area contributed by atoms with Gasteiger partial charge in [-0.15, -0.1) is 0 Å². The fourth-order valence-electron chi connectivity index (χ4n) is 0.332. The van der Waals surface area contributed by atoms with Gasteiger partial charge >= 0.3 is 5.97 Å². The Hall–Kier alpha value is -0.610. The average Bonchev–Trinajstić information content (AvgIpc) is 1.90. The second-order valence-electron chi connectivity index (χ2n) is 1.97. The summed E-state index contributed by atoms with van der Waals surface area (Å²) < 4.78 is 4.61. The largest absolute Gasteiger partial charge is 0.463 e. The molecule has 0 aliphatic heterocycles. The zero-order valence-corrected chi connectivity index (χ0v) is 8.50. The Bertz CT molecular complexity index is 81.1. The standard InChI is InChI=1S/C5H10O2.C2H6O.CH4O/c1-4(2)7-5(3)6;1-2-3;1-2/h4H,1-3H3;3H,2H2,1H3;2H,1H3. The zero-order chi connectivity index (χ0) is 10.6. The van der Waals surface area contributed by atoms with E-state index >= 15 is 0 Å². The van der Waals surface area contributed by atoms with E-state index in [0.29, 0.717) is 0 Å². The molecule has 0 bridgehead atoms. The van der Waals surface area contributed by atoms with E-state index in [2.05, 4.69) is 4.74 Å². The number of carbonyl (C=O) groups excluding carboxylic acids is 1. The minimum Gasteiger partial charge on any atom is -0.463 e. The lowest BCUT2D eigenvalue weighted by atomic mass is 10.5. The van der Waals surface area contributed by atoms with Crippen molar-refractivity contribution in [2.45, 2.75) is 33.8 Å². The van der Waals surface area contributed by atoms with Gasteiger partial charge in [0.15, 0.2) is 0 Å². The Morgan fingerprint density at radius 2 is 1.67 bits per heavy atom. The first kappa shape index (κ1) is 17.5. The SMILES string of the molecule is CC(=O)OC(C)C.CCO.CO. The highest BCUT2D eigenvalue weighted by atomic mass is 16.5. The predicted octanol–water partition coefficient (Wildman–Crippen LogP) is 0.565. The molecule has 0 aliphatic carbocycles. The monoisotopic (exact) mass is 180 g/mol. The number of ether oxygens (including phenoxy) is 1. The third-order valence-electron chi connectivity index (χ3n) is 0.402. The molecule has 0 heterocycles. The summed E-state index contributed by atoms with van der Waals surface area (Å²) in [6.45, 7) is 6.98. The molecule has 0 rings (SSSR count). The molecule has 0 aromatic heterocycles. The zero-order valence-electron chi connectivity index (χ0n) is 8.50. The van der Waals surface area contributed by atoms with Crippen LogP contribution in [-0.2, 0) is 9.53 Å². The van der Waals surface area contributed by atoms with Crippen LogP contribution >= 0.6 is 0 Å². The van der Waals surface area contributed by atoms with Gasteiger partial charge < -0.3 is 14.9 Å². The molecule has 2 N–H and O–H groups in total. The van der Waals surface area contributed by atoms with Crippen molar-refractivity contribution in [3.05, 3.63) is 0 Å². The first-order valence-electron chi connectivity index (χ1n) is 3.77. The summed E-state index contributed by atoms with van der Waals surface area (Å²) in [5.74, 6) is -0.213. The first-order valence-corrected chi connectivity index (χ1v) is 3.77. The first-order chi connectivity index (χ1) is 5.54. The minimum absolute atomic E-state index is 0.0255. The predicted molar refractivity (Wildman–Crippen MR) is 47.8 cm³/mol. The topological polar surface area (TPSA) is 66.8 Å². The molecule has 0 radical (unpaired) electrons. The van der Waals surface area contributed by atoms with Gasteiger partial charge in [-0.25, -0.2) is 0 Å². The van der Waals surface area contributed by atoms with E-state index in [1.54, 1.807) is 6.92 Å². The summed E-state index contributed by atoms with van der Waals surface area (Å²) in [6, 6.07) is 0. The highest BCUT2D eigenvalue weighted by Crippen LogP contribution is 1.85. The second-order valence-corrected chi connectivity index (χ2v) is 1.97. The molecule has 0 atom stereocenters. The van der Waals surface area contributed by atoms with Crippen molar-refractivity contribution < 1.29 is 19.7 Å². The van der Waals surface area contributed by atoms with E-state index in [0.717, 1.165) is 7.11 Å². The molecule has 0 spiro atoms. The van der Waals surface area contributed by atoms with Gasteiger partial charge in [-0.05, 0) is 20.8 Å².